The number of anilines is 1. The van der Waals surface area contributed by atoms with Gasteiger partial charge in [0.1, 0.15) is 5.69 Å². The van der Waals surface area contributed by atoms with E-state index >= 15 is 0 Å². The summed E-state index contributed by atoms with van der Waals surface area (Å²) < 4.78 is 6.41. The first-order valence-corrected chi connectivity index (χ1v) is 4.81. The van der Waals surface area contributed by atoms with Gasteiger partial charge in [-0.05, 0) is 19.9 Å². The number of hydrogen-bond donors (Lipinski definition) is 1. The molecule has 6 heteroatoms. The Hall–Kier alpha value is -2.11. The molecule has 0 bridgehead atoms. The molecule has 2 aromatic rings. The van der Waals surface area contributed by atoms with E-state index in [9.17, 15) is 4.79 Å². The van der Waals surface area contributed by atoms with Crippen molar-refractivity contribution >= 4 is 11.8 Å². The summed E-state index contributed by atoms with van der Waals surface area (Å²) in [4.78, 5) is 11.8. The smallest absolute Gasteiger partial charge is 0.276 e. The molecule has 0 aliphatic heterocycles. The van der Waals surface area contributed by atoms with Gasteiger partial charge in [-0.2, -0.15) is 5.10 Å². The van der Waals surface area contributed by atoms with Gasteiger partial charge in [0.25, 0.3) is 5.91 Å². The second-order valence-corrected chi connectivity index (χ2v) is 3.58. The average molecular weight is 220 g/mol. The molecular formula is C10H12N4O2. The van der Waals surface area contributed by atoms with E-state index in [2.05, 4.69) is 15.6 Å². The Bertz CT molecular complexity index is 527. The van der Waals surface area contributed by atoms with E-state index in [4.69, 9.17) is 4.52 Å². The molecule has 16 heavy (non-hydrogen) atoms. The Balaban J connectivity index is 2.17. The lowest BCUT2D eigenvalue weighted by Gasteiger charge is -2.00. The molecule has 2 aromatic heterocycles. The van der Waals surface area contributed by atoms with Crippen molar-refractivity contribution < 1.29 is 9.32 Å². The Kier molecular flexibility index (Phi) is 2.47. The van der Waals surface area contributed by atoms with Gasteiger partial charge in [-0.1, -0.05) is 5.16 Å². The second kappa shape index (κ2) is 3.80. The van der Waals surface area contributed by atoms with Crippen molar-refractivity contribution in [2.75, 3.05) is 5.32 Å². The molecule has 0 radical (unpaired) electrons. The van der Waals surface area contributed by atoms with Gasteiger partial charge in [0.05, 0.1) is 11.4 Å². The third-order valence-electron chi connectivity index (χ3n) is 2.10. The molecule has 2 rings (SSSR count). The molecule has 1 N–H and O–H groups in total. The van der Waals surface area contributed by atoms with Crippen molar-refractivity contribution in [3.8, 4) is 0 Å². The van der Waals surface area contributed by atoms with Gasteiger partial charge in [0, 0.05) is 13.1 Å². The van der Waals surface area contributed by atoms with Crippen molar-refractivity contribution in [3.05, 3.63) is 29.2 Å². The van der Waals surface area contributed by atoms with Crippen LogP contribution in [0.1, 0.15) is 21.9 Å². The number of hydrogen-bond acceptors (Lipinski definition) is 4. The van der Waals surface area contributed by atoms with Crippen LogP contribution in [0.15, 0.2) is 16.7 Å². The second-order valence-electron chi connectivity index (χ2n) is 3.58. The van der Waals surface area contributed by atoms with Crippen LogP contribution < -0.4 is 5.32 Å². The zero-order chi connectivity index (χ0) is 11.7. The van der Waals surface area contributed by atoms with E-state index < -0.39 is 0 Å². The van der Waals surface area contributed by atoms with Crippen LogP contribution in [0.3, 0.4) is 0 Å². The maximum Gasteiger partial charge on any atom is 0.276 e. The van der Waals surface area contributed by atoms with E-state index in [1.807, 2.05) is 6.92 Å². The fourth-order valence-electron chi connectivity index (χ4n) is 1.42. The van der Waals surface area contributed by atoms with Gasteiger partial charge in [0.15, 0.2) is 0 Å². The summed E-state index contributed by atoms with van der Waals surface area (Å²) in [7, 11) is 1.72. The van der Waals surface area contributed by atoms with Crippen molar-refractivity contribution in [1.82, 2.24) is 14.9 Å². The molecule has 6 nitrogen and oxygen atoms in total. The van der Waals surface area contributed by atoms with Gasteiger partial charge in [-0.3, -0.25) is 14.8 Å². The average Bonchev–Trinajstić information content (AvgIpc) is 2.73. The fraction of sp³-hybridized carbons (Fsp3) is 0.300. The number of nitrogens with zero attached hydrogens (tertiary/aromatic N) is 3. The van der Waals surface area contributed by atoms with E-state index in [1.165, 1.54) is 4.68 Å². The van der Waals surface area contributed by atoms with Crippen LogP contribution in [0.5, 0.6) is 0 Å². The molecule has 2 heterocycles. The molecule has 1 amide bonds. The molecule has 0 spiro atoms. The molecule has 0 saturated heterocycles. The maximum atomic E-state index is 11.8. The highest BCUT2D eigenvalue weighted by Gasteiger charge is 2.13. The van der Waals surface area contributed by atoms with Crippen LogP contribution in [0.4, 0.5) is 5.88 Å². The number of aromatic nitrogens is 3. The summed E-state index contributed by atoms with van der Waals surface area (Å²) in [6, 6.07) is 3.36. The predicted octanol–water partition coefficient (Wildman–Crippen LogP) is 1.28. The lowest BCUT2D eigenvalue weighted by Crippen LogP contribution is -2.15. The molecule has 84 valence electrons. The quantitative estimate of drug-likeness (QED) is 0.827. The molecule has 0 atom stereocenters. The zero-order valence-electron chi connectivity index (χ0n) is 9.31. The SMILES string of the molecule is Cc1cc(NC(=O)c2cc(C)nn2C)on1. The van der Waals surface area contributed by atoms with Gasteiger partial charge in [-0.15, -0.1) is 0 Å². The Labute approximate surface area is 92.2 Å². The van der Waals surface area contributed by atoms with Crippen LogP contribution >= 0.6 is 0 Å². The minimum absolute atomic E-state index is 0.265. The van der Waals surface area contributed by atoms with E-state index in [-0.39, 0.29) is 5.91 Å². The highest BCUT2D eigenvalue weighted by molar-refractivity contribution is 6.02. The first-order chi connectivity index (χ1) is 7.56. The van der Waals surface area contributed by atoms with E-state index in [1.54, 1.807) is 26.1 Å². The minimum Gasteiger partial charge on any atom is -0.338 e. The zero-order valence-corrected chi connectivity index (χ0v) is 9.31. The van der Waals surface area contributed by atoms with Crippen LogP contribution in [-0.4, -0.2) is 20.8 Å². The summed E-state index contributed by atoms with van der Waals surface area (Å²) >= 11 is 0. The molecule has 0 aliphatic rings. The summed E-state index contributed by atoms with van der Waals surface area (Å²) in [5, 5.41) is 10.4. The largest absolute Gasteiger partial charge is 0.338 e. The predicted molar refractivity (Wildman–Crippen MR) is 57.1 cm³/mol. The molecule has 0 aliphatic carbocycles. The molecule has 0 unspecified atom stereocenters. The van der Waals surface area contributed by atoms with Crippen LogP contribution in [0.2, 0.25) is 0 Å². The van der Waals surface area contributed by atoms with Crippen molar-refractivity contribution in [2.45, 2.75) is 13.8 Å². The lowest BCUT2D eigenvalue weighted by molar-refractivity contribution is 0.101. The Morgan fingerprint density at radius 3 is 2.62 bits per heavy atom. The number of rotatable bonds is 2. The Morgan fingerprint density at radius 1 is 1.38 bits per heavy atom. The third-order valence-corrected chi connectivity index (χ3v) is 2.10. The van der Waals surface area contributed by atoms with Crippen LogP contribution in [0.25, 0.3) is 0 Å². The summed E-state index contributed by atoms with van der Waals surface area (Å²) in [5.41, 5.74) is 1.99. The van der Waals surface area contributed by atoms with Crippen molar-refractivity contribution in [3.63, 3.8) is 0 Å². The van der Waals surface area contributed by atoms with Crippen molar-refractivity contribution in [2.24, 2.45) is 7.05 Å². The van der Waals surface area contributed by atoms with Gasteiger partial charge in [-0.25, -0.2) is 0 Å². The Morgan fingerprint density at radius 2 is 2.12 bits per heavy atom. The number of nitrogens with one attached hydrogen (secondary N) is 1. The number of carbonyl (C=O) groups is 1. The molecule has 0 aromatic carbocycles. The van der Waals surface area contributed by atoms with E-state index in [0.29, 0.717) is 11.6 Å². The minimum atomic E-state index is -0.265. The van der Waals surface area contributed by atoms with Crippen LogP contribution in [0, 0.1) is 13.8 Å². The summed E-state index contributed by atoms with van der Waals surface area (Å²) in [5.74, 6) is 0.0700. The first kappa shape index (κ1) is 10.4. The molecule has 0 saturated carbocycles. The molecular weight excluding hydrogens is 208 g/mol. The highest BCUT2D eigenvalue weighted by Crippen LogP contribution is 2.11. The number of amides is 1. The topological polar surface area (TPSA) is 73.0 Å². The van der Waals surface area contributed by atoms with Gasteiger partial charge >= 0.3 is 0 Å². The standard InChI is InChI=1S/C10H12N4O2/c1-6-4-8(14(3)12-6)10(15)11-9-5-7(2)13-16-9/h4-5H,1-3H3,(H,11,15). The van der Waals surface area contributed by atoms with E-state index in [0.717, 1.165) is 11.4 Å². The number of carbonyl (C=O) groups excluding carboxylic acids is 1. The normalized spacial score (nSPS) is 10.4. The first-order valence-electron chi connectivity index (χ1n) is 4.81. The third kappa shape index (κ3) is 1.95. The summed E-state index contributed by atoms with van der Waals surface area (Å²) in [6.45, 7) is 3.61. The molecule has 0 fully saturated rings. The highest BCUT2D eigenvalue weighted by atomic mass is 16.5. The fourth-order valence-corrected chi connectivity index (χ4v) is 1.42. The monoisotopic (exact) mass is 220 g/mol. The lowest BCUT2D eigenvalue weighted by atomic mass is 10.3. The van der Waals surface area contributed by atoms with Crippen molar-refractivity contribution in [1.29, 1.82) is 0 Å². The van der Waals surface area contributed by atoms with Crippen LogP contribution in [-0.2, 0) is 7.05 Å². The maximum absolute atomic E-state index is 11.8. The number of aryl methyl sites for hydroxylation is 3. The van der Waals surface area contributed by atoms with Gasteiger partial charge in [0.2, 0.25) is 5.88 Å². The summed E-state index contributed by atoms with van der Waals surface area (Å²) in [6.07, 6.45) is 0. The van der Waals surface area contributed by atoms with Gasteiger partial charge < -0.3 is 4.52 Å².